The van der Waals surface area contributed by atoms with Gasteiger partial charge in [0.2, 0.25) is 11.8 Å². The molecule has 0 saturated heterocycles. The zero-order chi connectivity index (χ0) is 43.3. The zero-order valence-corrected chi connectivity index (χ0v) is 36.6. The summed E-state index contributed by atoms with van der Waals surface area (Å²) in [6, 6.07) is 15.2. The lowest BCUT2D eigenvalue weighted by atomic mass is 9.94. The summed E-state index contributed by atoms with van der Waals surface area (Å²) in [5, 5.41) is 8.86. The van der Waals surface area contributed by atoms with Crippen molar-refractivity contribution in [3.05, 3.63) is 132 Å². The quantitative estimate of drug-likeness (QED) is 0.0438. The predicted octanol–water partition coefficient (Wildman–Crippen LogP) is 11.2. The van der Waals surface area contributed by atoms with Crippen molar-refractivity contribution in [2.24, 2.45) is 0 Å². The van der Waals surface area contributed by atoms with Gasteiger partial charge in [-0.1, -0.05) is 114 Å². The number of nitrogens with zero attached hydrogens (tertiary/aromatic N) is 1. The Balaban J connectivity index is 0.926. The highest BCUT2D eigenvalue weighted by Gasteiger charge is 2.53. The Labute approximate surface area is 366 Å². The molecule has 0 unspecified atom stereocenters. The van der Waals surface area contributed by atoms with Gasteiger partial charge in [0.25, 0.3) is 5.91 Å². The number of aromatic nitrogens is 1. The molecule has 2 aromatic carbocycles. The molecule has 3 amide bonds. The molecule has 1 fully saturated rings. The van der Waals surface area contributed by atoms with Crippen LogP contribution in [0.1, 0.15) is 92.6 Å². The number of carbonyl (C=O) groups excluding carboxylic acids is 3. The third kappa shape index (κ3) is 15.4. The Kier molecular flexibility index (Phi) is 18.7. The van der Waals surface area contributed by atoms with Gasteiger partial charge >= 0.3 is 6.29 Å². The average molecular weight is 871 g/mol. The second kappa shape index (κ2) is 24.3. The minimum atomic E-state index is -3.74. The number of hydrogen-bond acceptors (Lipinski definition) is 8. The standard InChI is InChI=1S/C48H56F2N4O5S2/c1-3-4-5-6-7-8-9-10-11-12-13-14-15-16-17-18-19-23-43(55)51-30-32-60-61-33-31-52-45(56)38-22-20-21-37(34-38)44-36(2)24-27-42(53-44)54-46(57)47(28-29-47)39-25-26-40-41(35-39)59-48(49,50)58-40/h4-5,7-8,10-11,13-14,16-17,20-22,24-27,34-35H,3,6,9,12,15,18-19,23,28-33H2,1-2H3,(H,51,55)(H,52,56)(H,53,54,57)/b5-4-,8-7-,11-10-,14-13-,17-16-. The van der Waals surface area contributed by atoms with Crippen LogP contribution in [-0.4, -0.2) is 53.6 Å². The van der Waals surface area contributed by atoms with E-state index in [1.165, 1.54) is 12.1 Å². The average Bonchev–Trinajstić information content (AvgIpc) is 4.00. The van der Waals surface area contributed by atoms with E-state index in [4.69, 9.17) is 4.98 Å². The predicted molar refractivity (Wildman–Crippen MR) is 245 cm³/mol. The molecule has 324 valence electrons. The fourth-order valence-corrected chi connectivity index (χ4v) is 8.26. The summed E-state index contributed by atoms with van der Waals surface area (Å²) < 4.78 is 36.2. The normalized spacial score (nSPS) is 15.1. The van der Waals surface area contributed by atoms with Crippen LogP contribution in [0.2, 0.25) is 0 Å². The second-order valence-electron chi connectivity index (χ2n) is 14.7. The Morgan fingerprint density at radius 2 is 1.41 bits per heavy atom. The topological polar surface area (TPSA) is 119 Å². The fourth-order valence-electron chi connectivity index (χ4n) is 6.45. The molecule has 0 radical (unpaired) electrons. The maximum absolute atomic E-state index is 13.6. The van der Waals surface area contributed by atoms with E-state index >= 15 is 0 Å². The number of halogens is 2. The van der Waals surface area contributed by atoms with Crippen LogP contribution in [0, 0.1) is 6.92 Å². The SMILES string of the molecule is CC/C=C\C/C=C\C/C=C\C/C=C\C/C=C\CCCC(=O)NCCSSCCNC(=O)c1cccc(-c2nc(NC(=O)C3(c4ccc5c(c4)OC(F)(F)O5)CC3)ccc2C)c1. The summed E-state index contributed by atoms with van der Waals surface area (Å²) in [4.78, 5) is 43.5. The molecular weight excluding hydrogens is 815 g/mol. The van der Waals surface area contributed by atoms with Crippen molar-refractivity contribution < 1.29 is 32.6 Å². The molecule has 2 aliphatic rings. The number of aryl methyl sites for hydroxylation is 1. The van der Waals surface area contributed by atoms with Gasteiger partial charge < -0.3 is 25.4 Å². The molecule has 5 rings (SSSR count). The number of amides is 3. The molecule has 1 aromatic heterocycles. The third-order valence-electron chi connectivity index (χ3n) is 9.87. The van der Waals surface area contributed by atoms with Crippen molar-refractivity contribution >= 4 is 45.1 Å². The summed E-state index contributed by atoms with van der Waals surface area (Å²) in [6.45, 7) is 5.12. The molecular formula is C48H56F2N4O5S2. The number of hydrogen-bond donors (Lipinski definition) is 3. The highest BCUT2D eigenvalue weighted by atomic mass is 33.1. The number of rotatable bonds is 25. The van der Waals surface area contributed by atoms with Gasteiger partial charge in [-0.05, 0) is 106 Å². The molecule has 9 nitrogen and oxygen atoms in total. The van der Waals surface area contributed by atoms with Crippen LogP contribution < -0.4 is 25.4 Å². The van der Waals surface area contributed by atoms with Gasteiger partial charge in [0, 0.05) is 42.1 Å². The van der Waals surface area contributed by atoms with E-state index < -0.39 is 11.7 Å². The highest BCUT2D eigenvalue weighted by Crippen LogP contribution is 2.52. The lowest BCUT2D eigenvalue weighted by Gasteiger charge is -2.17. The minimum Gasteiger partial charge on any atom is -0.395 e. The molecule has 61 heavy (non-hydrogen) atoms. The summed E-state index contributed by atoms with van der Waals surface area (Å²) in [5.74, 6) is 1.21. The van der Waals surface area contributed by atoms with E-state index in [2.05, 4.69) is 93.1 Å². The highest BCUT2D eigenvalue weighted by molar-refractivity contribution is 8.76. The fraction of sp³-hybridized carbons (Fsp3) is 0.375. The Morgan fingerprint density at radius 1 is 0.770 bits per heavy atom. The van der Waals surface area contributed by atoms with Crippen LogP contribution in [0.3, 0.4) is 0 Å². The summed E-state index contributed by atoms with van der Waals surface area (Å²) in [6.07, 6.45) is 26.3. The van der Waals surface area contributed by atoms with Crippen molar-refractivity contribution in [3.8, 4) is 22.8 Å². The van der Waals surface area contributed by atoms with Gasteiger partial charge in [-0.15, -0.1) is 8.78 Å². The molecule has 1 aliphatic carbocycles. The molecule has 3 aromatic rings. The number of alkyl halides is 2. The van der Waals surface area contributed by atoms with Gasteiger partial charge in [0.05, 0.1) is 11.1 Å². The van der Waals surface area contributed by atoms with Crippen molar-refractivity contribution in [2.75, 3.05) is 29.9 Å². The molecule has 0 spiro atoms. The van der Waals surface area contributed by atoms with Gasteiger partial charge in [0.1, 0.15) is 5.82 Å². The monoisotopic (exact) mass is 870 g/mol. The summed E-state index contributed by atoms with van der Waals surface area (Å²) in [5.41, 5.74) is 2.37. The third-order valence-corrected chi connectivity index (χ3v) is 12.3. The molecule has 1 saturated carbocycles. The lowest BCUT2D eigenvalue weighted by molar-refractivity contribution is -0.286. The number of ether oxygens (including phenoxy) is 2. The molecule has 0 atom stereocenters. The first kappa shape index (κ1) is 46.9. The Morgan fingerprint density at radius 3 is 2.08 bits per heavy atom. The van der Waals surface area contributed by atoms with Crippen LogP contribution in [0.25, 0.3) is 11.3 Å². The first-order valence-corrected chi connectivity index (χ1v) is 23.4. The number of anilines is 1. The first-order valence-electron chi connectivity index (χ1n) is 20.9. The van der Waals surface area contributed by atoms with E-state index in [1.54, 1.807) is 51.9 Å². The van der Waals surface area contributed by atoms with Crippen molar-refractivity contribution in [3.63, 3.8) is 0 Å². The maximum atomic E-state index is 13.6. The molecule has 3 N–H and O–H groups in total. The van der Waals surface area contributed by atoms with Crippen molar-refractivity contribution in [1.29, 1.82) is 0 Å². The number of unbranched alkanes of at least 4 members (excludes halogenated alkanes) is 1. The molecule has 13 heteroatoms. The van der Waals surface area contributed by atoms with E-state index in [1.807, 2.05) is 19.1 Å². The smallest absolute Gasteiger partial charge is 0.395 e. The van der Waals surface area contributed by atoms with Crippen molar-refractivity contribution in [2.45, 2.75) is 89.8 Å². The Bertz CT molecular complexity index is 2100. The van der Waals surface area contributed by atoms with Gasteiger partial charge in [-0.2, -0.15) is 0 Å². The van der Waals surface area contributed by atoms with Gasteiger partial charge in [-0.25, -0.2) is 4.98 Å². The van der Waals surface area contributed by atoms with E-state index in [0.29, 0.717) is 60.7 Å². The van der Waals surface area contributed by atoms with Crippen molar-refractivity contribution in [1.82, 2.24) is 15.6 Å². The Hall–Kier alpha value is -5.14. The number of nitrogens with one attached hydrogen (secondary N) is 3. The van der Waals surface area contributed by atoms with Crippen LogP contribution >= 0.6 is 21.6 Å². The molecule has 1 aliphatic heterocycles. The summed E-state index contributed by atoms with van der Waals surface area (Å²) >= 11 is 0. The van der Waals surface area contributed by atoms with Crippen LogP contribution in [0.5, 0.6) is 11.5 Å². The maximum Gasteiger partial charge on any atom is 0.586 e. The zero-order valence-electron chi connectivity index (χ0n) is 34.9. The van der Waals surface area contributed by atoms with E-state index in [0.717, 1.165) is 61.8 Å². The van der Waals surface area contributed by atoms with Crippen LogP contribution in [0.15, 0.2) is 115 Å². The largest absolute Gasteiger partial charge is 0.586 e. The number of allylic oxidation sites excluding steroid dienone is 10. The number of fused-ring (bicyclic) bond motifs is 1. The number of carbonyl (C=O) groups is 3. The minimum absolute atomic E-state index is 0.0668. The van der Waals surface area contributed by atoms with Crippen LogP contribution in [0.4, 0.5) is 14.6 Å². The summed E-state index contributed by atoms with van der Waals surface area (Å²) in [7, 11) is 3.30. The van der Waals surface area contributed by atoms with Gasteiger partial charge in [0.15, 0.2) is 11.5 Å². The number of pyridine rings is 1. The van der Waals surface area contributed by atoms with E-state index in [-0.39, 0.29) is 29.2 Å². The molecule has 0 bridgehead atoms. The van der Waals surface area contributed by atoms with Gasteiger partial charge in [-0.3, -0.25) is 14.4 Å². The van der Waals surface area contributed by atoms with Crippen LogP contribution in [-0.2, 0) is 15.0 Å². The number of benzene rings is 2. The first-order chi connectivity index (χ1) is 29.6. The molecule has 2 heterocycles. The van der Waals surface area contributed by atoms with E-state index in [9.17, 15) is 23.2 Å². The second-order valence-corrected chi connectivity index (χ2v) is 17.4. The lowest BCUT2D eigenvalue weighted by Crippen LogP contribution is -2.28.